The van der Waals surface area contributed by atoms with Crippen LogP contribution in [0.2, 0.25) is 0 Å². The van der Waals surface area contributed by atoms with Crippen LogP contribution in [-0.4, -0.2) is 24.5 Å². The van der Waals surface area contributed by atoms with Crippen molar-refractivity contribution in [3.8, 4) is 11.5 Å². The molecule has 0 aliphatic heterocycles. The van der Waals surface area contributed by atoms with Crippen molar-refractivity contribution in [3.05, 3.63) is 22.2 Å². The van der Waals surface area contributed by atoms with Gasteiger partial charge < -0.3 is 15.2 Å². The zero-order valence-corrected chi connectivity index (χ0v) is 13.2. The van der Waals surface area contributed by atoms with E-state index in [1.165, 1.54) is 0 Å². The van der Waals surface area contributed by atoms with Gasteiger partial charge in [0.2, 0.25) is 0 Å². The first-order chi connectivity index (χ1) is 9.08. The van der Waals surface area contributed by atoms with E-state index in [1.54, 1.807) is 6.21 Å². The minimum Gasteiger partial charge on any atom is -0.490 e. The Morgan fingerprint density at radius 1 is 1.42 bits per heavy atom. The minimum absolute atomic E-state index is 0.117. The molecule has 0 aliphatic rings. The molecule has 0 saturated carbocycles. The molecule has 3 N–H and O–H groups in total. The van der Waals surface area contributed by atoms with Crippen molar-refractivity contribution in [1.82, 2.24) is 5.43 Å². The summed E-state index contributed by atoms with van der Waals surface area (Å²) in [6.45, 7) is 4.95. The fraction of sp³-hybridized carbons (Fsp3) is 0.333. The summed E-state index contributed by atoms with van der Waals surface area (Å²) in [6, 6.07) is 3.71. The molecule has 0 atom stereocenters. The molecule has 1 aromatic carbocycles. The van der Waals surface area contributed by atoms with Crippen molar-refractivity contribution < 1.29 is 9.47 Å². The molecule has 0 fully saturated rings. The van der Waals surface area contributed by atoms with Gasteiger partial charge in [0.25, 0.3) is 0 Å². The zero-order valence-electron chi connectivity index (χ0n) is 10.8. The Kier molecular flexibility index (Phi) is 6.58. The van der Waals surface area contributed by atoms with Gasteiger partial charge >= 0.3 is 0 Å². The number of thiocarbonyl (C=S) groups is 1. The van der Waals surface area contributed by atoms with E-state index < -0.39 is 0 Å². The molecular weight excluding hydrogens is 330 g/mol. The second-order valence-electron chi connectivity index (χ2n) is 3.43. The molecule has 104 valence electrons. The summed E-state index contributed by atoms with van der Waals surface area (Å²) < 4.78 is 11.9. The van der Waals surface area contributed by atoms with Crippen LogP contribution in [0.3, 0.4) is 0 Å². The van der Waals surface area contributed by atoms with Gasteiger partial charge in [0.15, 0.2) is 16.6 Å². The van der Waals surface area contributed by atoms with Gasteiger partial charge in [-0.25, -0.2) is 0 Å². The number of nitrogens with two attached hydrogens (primary N) is 1. The first kappa shape index (κ1) is 15.7. The standard InChI is InChI=1S/C12H16BrN3O2S/c1-3-17-10-6-8(7-15-16-12(14)19)5-9(13)11(10)18-4-2/h5-7H,3-4H2,1-2H3,(H3,14,16,19)/b15-7+. The Bertz CT molecular complexity index is 480. The van der Waals surface area contributed by atoms with Gasteiger partial charge in [-0.2, -0.15) is 5.10 Å². The summed E-state index contributed by atoms with van der Waals surface area (Å²) in [5.41, 5.74) is 8.61. The number of hydrogen-bond acceptors (Lipinski definition) is 4. The Morgan fingerprint density at radius 2 is 2.11 bits per heavy atom. The van der Waals surface area contributed by atoms with E-state index in [0.717, 1.165) is 10.0 Å². The monoisotopic (exact) mass is 345 g/mol. The molecule has 0 amide bonds. The minimum atomic E-state index is 0.117. The van der Waals surface area contributed by atoms with Crippen LogP contribution in [0.4, 0.5) is 0 Å². The summed E-state index contributed by atoms with van der Waals surface area (Å²) in [6.07, 6.45) is 1.60. The van der Waals surface area contributed by atoms with E-state index in [-0.39, 0.29) is 5.11 Å². The molecule has 0 bridgehead atoms. The fourth-order valence-electron chi connectivity index (χ4n) is 1.38. The van der Waals surface area contributed by atoms with E-state index in [0.29, 0.717) is 24.7 Å². The van der Waals surface area contributed by atoms with Crippen LogP contribution in [-0.2, 0) is 0 Å². The third-order valence-electron chi connectivity index (χ3n) is 2.01. The molecule has 1 rings (SSSR count). The van der Waals surface area contributed by atoms with Crippen LogP contribution in [0.1, 0.15) is 19.4 Å². The molecule has 0 radical (unpaired) electrons. The van der Waals surface area contributed by atoms with Crippen molar-refractivity contribution in [2.24, 2.45) is 10.8 Å². The van der Waals surface area contributed by atoms with Gasteiger partial charge in [-0.05, 0) is 59.7 Å². The number of benzene rings is 1. The molecule has 5 nitrogen and oxygen atoms in total. The normalized spacial score (nSPS) is 10.5. The molecule has 0 heterocycles. The Balaban J connectivity index is 3.01. The van der Waals surface area contributed by atoms with Crippen molar-refractivity contribution in [2.75, 3.05) is 13.2 Å². The first-order valence-corrected chi connectivity index (χ1v) is 6.96. The second kappa shape index (κ2) is 7.96. The van der Waals surface area contributed by atoms with Crippen LogP contribution in [0, 0.1) is 0 Å². The van der Waals surface area contributed by atoms with Crippen LogP contribution in [0.5, 0.6) is 11.5 Å². The van der Waals surface area contributed by atoms with Gasteiger partial charge in [-0.15, -0.1) is 0 Å². The topological polar surface area (TPSA) is 68.9 Å². The average Bonchev–Trinajstić information content (AvgIpc) is 2.33. The SMILES string of the molecule is CCOc1cc(/C=N/NC(N)=S)cc(Br)c1OCC. The van der Waals surface area contributed by atoms with Gasteiger partial charge in [0.05, 0.1) is 23.9 Å². The van der Waals surface area contributed by atoms with Crippen LogP contribution in [0.15, 0.2) is 21.7 Å². The second-order valence-corrected chi connectivity index (χ2v) is 4.72. The van der Waals surface area contributed by atoms with Crippen LogP contribution >= 0.6 is 28.1 Å². The summed E-state index contributed by atoms with van der Waals surface area (Å²) in [5, 5.41) is 4.02. The summed E-state index contributed by atoms with van der Waals surface area (Å²) >= 11 is 8.11. The summed E-state index contributed by atoms with van der Waals surface area (Å²) in [7, 11) is 0. The van der Waals surface area contributed by atoms with Gasteiger partial charge in [-0.1, -0.05) is 0 Å². The van der Waals surface area contributed by atoms with Crippen molar-refractivity contribution in [1.29, 1.82) is 0 Å². The highest BCUT2D eigenvalue weighted by Gasteiger charge is 2.11. The number of nitrogens with one attached hydrogen (secondary N) is 1. The van der Waals surface area contributed by atoms with E-state index in [2.05, 4.69) is 38.7 Å². The fourth-order valence-corrected chi connectivity index (χ4v) is 2.01. The van der Waals surface area contributed by atoms with E-state index in [4.69, 9.17) is 15.2 Å². The van der Waals surface area contributed by atoms with Gasteiger partial charge in [0.1, 0.15) is 0 Å². The number of ether oxygens (including phenoxy) is 2. The Morgan fingerprint density at radius 3 is 2.68 bits per heavy atom. The molecular formula is C12H16BrN3O2S. The third kappa shape index (κ3) is 5.04. The number of hydrazone groups is 1. The number of rotatable bonds is 6. The molecule has 0 unspecified atom stereocenters. The predicted octanol–water partition coefficient (Wildman–Crippen LogP) is 2.41. The zero-order chi connectivity index (χ0) is 14.3. The van der Waals surface area contributed by atoms with E-state index >= 15 is 0 Å². The highest BCUT2D eigenvalue weighted by atomic mass is 79.9. The lowest BCUT2D eigenvalue weighted by atomic mass is 10.2. The predicted molar refractivity (Wildman–Crippen MR) is 84.0 cm³/mol. The number of nitrogens with zero attached hydrogens (tertiary/aromatic N) is 1. The third-order valence-corrected chi connectivity index (χ3v) is 2.69. The maximum absolute atomic E-state index is 5.55. The van der Waals surface area contributed by atoms with E-state index in [9.17, 15) is 0 Å². The quantitative estimate of drug-likeness (QED) is 0.470. The van der Waals surface area contributed by atoms with Crippen molar-refractivity contribution >= 4 is 39.5 Å². The Labute approximate surface area is 126 Å². The summed E-state index contributed by atoms with van der Waals surface area (Å²) in [4.78, 5) is 0. The lowest BCUT2D eigenvalue weighted by Gasteiger charge is -2.13. The van der Waals surface area contributed by atoms with Crippen molar-refractivity contribution in [2.45, 2.75) is 13.8 Å². The largest absolute Gasteiger partial charge is 0.490 e. The molecule has 19 heavy (non-hydrogen) atoms. The molecule has 1 aromatic rings. The first-order valence-electron chi connectivity index (χ1n) is 5.76. The van der Waals surface area contributed by atoms with Crippen molar-refractivity contribution in [3.63, 3.8) is 0 Å². The summed E-state index contributed by atoms with van der Waals surface area (Å²) in [5.74, 6) is 1.35. The molecule has 0 spiro atoms. The molecule has 7 heteroatoms. The highest BCUT2D eigenvalue weighted by Crippen LogP contribution is 2.36. The number of hydrogen-bond donors (Lipinski definition) is 2. The highest BCUT2D eigenvalue weighted by molar-refractivity contribution is 9.10. The Hall–Kier alpha value is -1.34. The van der Waals surface area contributed by atoms with Gasteiger partial charge in [0, 0.05) is 0 Å². The smallest absolute Gasteiger partial charge is 0.184 e. The lowest BCUT2D eigenvalue weighted by molar-refractivity contribution is 0.286. The average molecular weight is 346 g/mol. The van der Waals surface area contributed by atoms with Crippen LogP contribution in [0.25, 0.3) is 0 Å². The maximum atomic E-state index is 5.55. The lowest BCUT2D eigenvalue weighted by Crippen LogP contribution is -2.23. The van der Waals surface area contributed by atoms with Gasteiger partial charge in [-0.3, -0.25) is 5.43 Å². The number of halogens is 1. The molecule has 0 aromatic heterocycles. The molecule has 0 aliphatic carbocycles. The van der Waals surface area contributed by atoms with Crippen LogP contribution < -0.4 is 20.6 Å². The molecule has 0 saturated heterocycles. The maximum Gasteiger partial charge on any atom is 0.184 e. The van der Waals surface area contributed by atoms with E-state index in [1.807, 2.05) is 26.0 Å².